The molecule has 1 aliphatic rings. The summed E-state index contributed by atoms with van der Waals surface area (Å²) in [7, 11) is 0. The Kier molecular flexibility index (Phi) is 4.36. The molecule has 0 aliphatic carbocycles. The molecule has 0 fully saturated rings. The van der Waals surface area contributed by atoms with Crippen molar-refractivity contribution < 1.29 is 14.3 Å². The maximum atomic E-state index is 12.1. The monoisotopic (exact) mass is 276 g/mol. The standard InChI is InChI=1S/C17H24O3/c1-5-12(6-2)11-19-13-7-8-14-15(18)10-17(3,4)20-16(14)9-13/h7-9,12H,5-6,10-11H2,1-4H3. The minimum atomic E-state index is -0.432. The van der Waals surface area contributed by atoms with Crippen molar-refractivity contribution in [2.75, 3.05) is 6.61 Å². The van der Waals surface area contributed by atoms with Gasteiger partial charge < -0.3 is 9.47 Å². The van der Waals surface area contributed by atoms with Crippen molar-refractivity contribution in [3.05, 3.63) is 23.8 Å². The molecule has 0 spiro atoms. The molecule has 0 unspecified atom stereocenters. The van der Waals surface area contributed by atoms with Gasteiger partial charge in [0.2, 0.25) is 0 Å². The molecule has 0 atom stereocenters. The first-order valence-corrected chi connectivity index (χ1v) is 7.44. The Balaban J connectivity index is 2.13. The maximum Gasteiger partial charge on any atom is 0.170 e. The van der Waals surface area contributed by atoms with Gasteiger partial charge in [0.15, 0.2) is 5.78 Å². The summed E-state index contributed by atoms with van der Waals surface area (Å²) in [6.45, 7) is 8.93. The van der Waals surface area contributed by atoms with E-state index in [9.17, 15) is 4.79 Å². The van der Waals surface area contributed by atoms with Crippen molar-refractivity contribution in [1.82, 2.24) is 0 Å². The smallest absolute Gasteiger partial charge is 0.170 e. The van der Waals surface area contributed by atoms with Crippen molar-refractivity contribution in [3.63, 3.8) is 0 Å². The Labute approximate surface area is 121 Å². The number of hydrogen-bond acceptors (Lipinski definition) is 3. The van der Waals surface area contributed by atoms with Gasteiger partial charge in [-0.1, -0.05) is 26.7 Å². The van der Waals surface area contributed by atoms with Crippen molar-refractivity contribution in [1.29, 1.82) is 0 Å². The van der Waals surface area contributed by atoms with Crippen molar-refractivity contribution in [2.45, 2.75) is 52.6 Å². The molecule has 1 heterocycles. The summed E-state index contributed by atoms with van der Waals surface area (Å²) in [5, 5.41) is 0. The van der Waals surface area contributed by atoms with Gasteiger partial charge in [-0.2, -0.15) is 0 Å². The number of benzene rings is 1. The number of carbonyl (C=O) groups is 1. The number of fused-ring (bicyclic) bond motifs is 1. The lowest BCUT2D eigenvalue weighted by molar-refractivity contribution is 0.0618. The zero-order valence-electron chi connectivity index (χ0n) is 12.9. The average Bonchev–Trinajstić information content (AvgIpc) is 2.38. The van der Waals surface area contributed by atoms with Crippen LogP contribution in [0.4, 0.5) is 0 Å². The number of ketones is 1. The number of ether oxygens (including phenoxy) is 2. The third-order valence-corrected chi connectivity index (χ3v) is 3.87. The highest BCUT2D eigenvalue weighted by Crippen LogP contribution is 2.35. The Morgan fingerprint density at radius 2 is 2.00 bits per heavy atom. The second kappa shape index (κ2) is 5.86. The molecule has 0 aromatic heterocycles. The maximum absolute atomic E-state index is 12.1. The van der Waals surface area contributed by atoms with E-state index in [4.69, 9.17) is 9.47 Å². The molecule has 1 aromatic rings. The van der Waals surface area contributed by atoms with Crippen LogP contribution in [0.15, 0.2) is 18.2 Å². The van der Waals surface area contributed by atoms with Gasteiger partial charge in [-0.15, -0.1) is 0 Å². The van der Waals surface area contributed by atoms with Crippen molar-refractivity contribution >= 4 is 5.78 Å². The van der Waals surface area contributed by atoms with Crippen molar-refractivity contribution in [3.8, 4) is 11.5 Å². The average molecular weight is 276 g/mol. The Morgan fingerprint density at radius 1 is 1.30 bits per heavy atom. The normalized spacial score (nSPS) is 16.8. The van der Waals surface area contributed by atoms with E-state index in [0.29, 0.717) is 30.3 Å². The second-order valence-electron chi connectivity index (χ2n) is 6.11. The number of Topliss-reactive ketones (excluding diaryl/α,β-unsaturated/α-hetero) is 1. The predicted molar refractivity (Wildman–Crippen MR) is 79.7 cm³/mol. The Morgan fingerprint density at radius 3 is 2.65 bits per heavy atom. The molecule has 3 nitrogen and oxygen atoms in total. The highest BCUT2D eigenvalue weighted by molar-refractivity contribution is 6.00. The van der Waals surface area contributed by atoms with Crippen LogP contribution in [0.3, 0.4) is 0 Å². The molecular formula is C17H24O3. The van der Waals surface area contributed by atoms with Crippen LogP contribution in [-0.2, 0) is 0 Å². The van der Waals surface area contributed by atoms with Gasteiger partial charge in [0.1, 0.15) is 17.1 Å². The first-order chi connectivity index (χ1) is 9.45. The van der Waals surface area contributed by atoms with Crippen LogP contribution < -0.4 is 9.47 Å². The fraction of sp³-hybridized carbons (Fsp3) is 0.588. The van der Waals surface area contributed by atoms with Gasteiger partial charge in [0, 0.05) is 6.07 Å². The van der Waals surface area contributed by atoms with Crippen LogP contribution in [0.1, 0.15) is 57.3 Å². The quantitative estimate of drug-likeness (QED) is 0.806. The summed E-state index contributed by atoms with van der Waals surface area (Å²) in [4.78, 5) is 12.1. The third-order valence-electron chi connectivity index (χ3n) is 3.87. The molecule has 0 radical (unpaired) electrons. The minimum absolute atomic E-state index is 0.141. The summed E-state index contributed by atoms with van der Waals surface area (Å²) < 4.78 is 11.7. The van der Waals surface area contributed by atoms with E-state index in [0.717, 1.165) is 18.6 Å². The molecule has 0 saturated carbocycles. The first-order valence-electron chi connectivity index (χ1n) is 7.44. The second-order valence-corrected chi connectivity index (χ2v) is 6.11. The molecule has 0 saturated heterocycles. The molecular weight excluding hydrogens is 252 g/mol. The van der Waals surface area contributed by atoms with Gasteiger partial charge in [0.05, 0.1) is 18.6 Å². The van der Waals surface area contributed by atoms with Gasteiger partial charge in [0.25, 0.3) is 0 Å². The molecule has 20 heavy (non-hydrogen) atoms. The van der Waals surface area contributed by atoms with Crippen LogP contribution >= 0.6 is 0 Å². The lowest BCUT2D eigenvalue weighted by Crippen LogP contribution is -2.35. The summed E-state index contributed by atoms with van der Waals surface area (Å²) in [6, 6.07) is 5.52. The lowest BCUT2D eigenvalue weighted by atomic mass is 9.93. The van der Waals surface area contributed by atoms with E-state index < -0.39 is 5.60 Å². The zero-order valence-corrected chi connectivity index (χ0v) is 12.9. The van der Waals surface area contributed by atoms with Gasteiger partial charge in [-0.05, 0) is 31.9 Å². The SMILES string of the molecule is CCC(CC)COc1ccc2c(c1)OC(C)(C)CC2=O. The number of rotatable bonds is 5. The highest BCUT2D eigenvalue weighted by Gasteiger charge is 2.32. The molecule has 1 aromatic carbocycles. The first kappa shape index (κ1) is 14.9. The number of carbonyl (C=O) groups excluding carboxylic acids is 1. The number of hydrogen-bond donors (Lipinski definition) is 0. The fourth-order valence-corrected chi connectivity index (χ4v) is 2.46. The van der Waals surface area contributed by atoms with E-state index >= 15 is 0 Å². The van der Waals surface area contributed by atoms with Gasteiger partial charge in [-0.25, -0.2) is 0 Å². The Bertz CT molecular complexity index is 487. The summed E-state index contributed by atoms with van der Waals surface area (Å²) in [5.41, 5.74) is 0.233. The lowest BCUT2D eigenvalue weighted by Gasteiger charge is -2.31. The highest BCUT2D eigenvalue weighted by atomic mass is 16.5. The van der Waals surface area contributed by atoms with E-state index in [1.165, 1.54) is 0 Å². The van der Waals surface area contributed by atoms with E-state index in [1.54, 1.807) is 0 Å². The summed E-state index contributed by atoms with van der Waals surface area (Å²) in [6.07, 6.45) is 2.65. The zero-order chi connectivity index (χ0) is 14.8. The van der Waals surface area contributed by atoms with Crippen LogP contribution in [0.25, 0.3) is 0 Å². The van der Waals surface area contributed by atoms with Gasteiger partial charge in [-0.3, -0.25) is 4.79 Å². The molecule has 0 N–H and O–H groups in total. The predicted octanol–water partition coefficient (Wildman–Crippen LogP) is 4.25. The molecule has 2 rings (SSSR count). The Hall–Kier alpha value is -1.51. The van der Waals surface area contributed by atoms with Crippen LogP contribution in [-0.4, -0.2) is 18.0 Å². The van der Waals surface area contributed by atoms with E-state index in [2.05, 4.69) is 13.8 Å². The largest absolute Gasteiger partial charge is 0.493 e. The van der Waals surface area contributed by atoms with Crippen LogP contribution in [0.5, 0.6) is 11.5 Å². The van der Waals surface area contributed by atoms with E-state index in [-0.39, 0.29) is 5.78 Å². The molecule has 0 amide bonds. The third kappa shape index (κ3) is 3.33. The molecule has 0 bridgehead atoms. The van der Waals surface area contributed by atoms with Gasteiger partial charge >= 0.3 is 0 Å². The molecule has 1 aliphatic heterocycles. The fourth-order valence-electron chi connectivity index (χ4n) is 2.46. The topological polar surface area (TPSA) is 35.5 Å². The summed E-state index contributed by atoms with van der Waals surface area (Å²) >= 11 is 0. The van der Waals surface area contributed by atoms with Crippen molar-refractivity contribution in [2.24, 2.45) is 5.92 Å². The van der Waals surface area contributed by atoms with Crippen LogP contribution in [0.2, 0.25) is 0 Å². The summed E-state index contributed by atoms with van der Waals surface area (Å²) in [5.74, 6) is 2.14. The van der Waals surface area contributed by atoms with E-state index in [1.807, 2.05) is 32.0 Å². The molecule has 3 heteroatoms. The minimum Gasteiger partial charge on any atom is -0.493 e. The molecule has 110 valence electrons. The van der Waals surface area contributed by atoms with Crippen LogP contribution in [0, 0.1) is 5.92 Å².